The zero-order chi connectivity index (χ0) is 20.6. The van der Waals surface area contributed by atoms with Gasteiger partial charge in [0.2, 0.25) is 0 Å². The highest BCUT2D eigenvalue weighted by atomic mass is 16.5. The van der Waals surface area contributed by atoms with Crippen molar-refractivity contribution >= 4 is 11.9 Å². The molecule has 29 heavy (non-hydrogen) atoms. The molecular weight excluding hydrogens is 376 g/mol. The minimum Gasteiger partial charge on any atom is -0.493 e. The van der Waals surface area contributed by atoms with Gasteiger partial charge in [0.1, 0.15) is 6.61 Å². The number of rotatable bonds is 9. The quantitative estimate of drug-likeness (QED) is 0.573. The summed E-state index contributed by atoms with van der Waals surface area (Å²) in [5.74, 6) is 0.931. The van der Waals surface area contributed by atoms with Gasteiger partial charge in [-0.1, -0.05) is 0 Å². The fourth-order valence-corrected chi connectivity index (χ4v) is 3.67. The number of methoxy groups -OCH3 is 2. The molecule has 1 amide bonds. The summed E-state index contributed by atoms with van der Waals surface area (Å²) in [7, 11) is 3.14. The largest absolute Gasteiger partial charge is 0.493 e. The number of amides is 1. The first-order valence-electron chi connectivity index (χ1n) is 10.1. The summed E-state index contributed by atoms with van der Waals surface area (Å²) < 4.78 is 21.2. The van der Waals surface area contributed by atoms with Gasteiger partial charge in [-0.05, 0) is 30.5 Å². The molecule has 0 unspecified atom stereocenters. The fraction of sp³-hybridized carbons (Fsp3) is 0.619. The molecule has 0 N–H and O–H groups in total. The molecular formula is C21H30N2O6. The molecule has 160 valence electrons. The molecule has 2 heterocycles. The number of ether oxygens (including phenoxy) is 4. The molecule has 1 aromatic rings. The second-order valence-electron chi connectivity index (χ2n) is 7.18. The fourth-order valence-electron chi connectivity index (χ4n) is 3.67. The van der Waals surface area contributed by atoms with Gasteiger partial charge in [0.25, 0.3) is 5.91 Å². The maximum absolute atomic E-state index is 12.8. The van der Waals surface area contributed by atoms with E-state index in [1.54, 1.807) is 25.2 Å². The van der Waals surface area contributed by atoms with Crippen molar-refractivity contribution in [3.8, 4) is 11.5 Å². The Bertz CT molecular complexity index is 717. The number of carbonyl (C=O) groups excluding carboxylic acids is 2. The van der Waals surface area contributed by atoms with Gasteiger partial charge in [-0.15, -0.1) is 0 Å². The van der Waals surface area contributed by atoms with Gasteiger partial charge in [-0.2, -0.15) is 0 Å². The minimum atomic E-state index is -0.213. The third kappa shape index (κ3) is 5.61. The van der Waals surface area contributed by atoms with E-state index in [4.69, 9.17) is 18.9 Å². The van der Waals surface area contributed by atoms with Crippen molar-refractivity contribution in [1.82, 2.24) is 9.80 Å². The molecule has 8 nitrogen and oxygen atoms in total. The Kier molecular flexibility index (Phi) is 7.71. The smallest absolute Gasteiger partial charge is 0.305 e. The van der Waals surface area contributed by atoms with Crippen molar-refractivity contribution in [3.63, 3.8) is 0 Å². The molecule has 2 aliphatic rings. The van der Waals surface area contributed by atoms with Crippen molar-refractivity contribution in [2.45, 2.75) is 19.3 Å². The van der Waals surface area contributed by atoms with Crippen LogP contribution in [-0.2, 0) is 20.7 Å². The highest BCUT2D eigenvalue weighted by Gasteiger charge is 2.26. The van der Waals surface area contributed by atoms with E-state index >= 15 is 0 Å². The monoisotopic (exact) mass is 406 g/mol. The highest BCUT2D eigenvalue weighted by Crippen LogP contribution is 2.33. The average molecular weight is 406 g/mol. The summed E-state index contributed by atoms with van der Waals surface area (Å²) >= 11 is 0. The van der Waals surface area contributed by atoms with Crippen LogP contribution in [0.5, 0.6) is 11.5 Å². The predicted molar refractivity (Wildman–Crippen MR) is 107 cm³/mol. The van der Waals surface area contributed by atoms with Gasteiger partial charge in [0.05, 0.1) is 27.4 Å². The van der Waals surface area contributed by atoms with Crippen LogP contribution in [0.2, 0.25) is 0 Å². The van der Waals surface area contributed by atoms with Crippen molar-refractivity contribution in [2.24, 2.45) is 0 Å². The third-order valence-electron chi connectivity index (χ3n) is 5.36. The van der Waals surface area contributed by atoms with Gasteiger partial charge < -0.3 is 23.8 Å². The number of esters is 1. The van der Waals surface area contributed by atoms with Gasteiger partial charge >= 0.3 is 5.97 Å². The summed E-state index contributed by atoms with van der Waals surface area (Å²) in [6, 6.07) is 3.61. The van der Waals surface area contributed by atoms with E-state index in [2.05, 4.69) is 4.90 Å². The molecule has 1 aromatic carbocycles. The van der Waals surface area contributed by atoms with E-state index in [0.29, 0.717) is 49.6 Å². The van der Waals surface area contributed by atoms with Crippen LogP contribution in [-0.4, -0.2) is 88.4 Å². The molecule has 3 rings (SSSR count). The van der Waals surface area contributed by atoms with Gasteiger partial charge in [0.15, 0.2) is 11.5 Å². The van der Waals surface area contributed by atoms with Crippen LogP contribution in [0.1, 0.15) is 28.8 Å². The highest BCUT2D eigenvalue weighted by molar-refractivity contribution is 5.97. The molecule has 0 spiro atoms. The molecule has 8 heteroatoms. The summed E-state index contributed by atoms with van der Waals surface area (Å²) in [5, 5.41) is 0. The van der Waals surface area contributed by atoms with Crippen molar-refractivity contribution in [1.29, 1.82) is 0 Å². The number of carbonyl (C=O) groups is 2. The Balaban J connectivity index is 1.42. The molecule has 0 atom stereocenters. The Morgan fingerprint density at radius 2 is 1.79 bits per heavy atom. The number of morpholine rings is 1. The number of hydrogen-bond donors (Lipinski definition) is 0. The van der Waals surface area contributed by atoms with E-state index in [-0.39, 0.29) is 11.9 Å². The van der Waals surface area contributed by atoms with Crippen LogP contribution in [0.4, 0.5) is 0 Å². The second-order valence-corrected chi connectivity index (χ2v) is 7.18. The van der Waals surface area contributed by atoms with Crippen LogP contribution in [0.25, 0.3) is 0 Å². The second kappa shape index (κ2) is 10.5. The van der Waals surface area contributed by atoms with Gasteiger partial charge in [-0.25, -0.2) is 0 Å². The number of nitrogens with zero attached hydrogens (tertiary/aromatic N) is 2. The van der Waals surface area contributed by atoms with E-state index < -0.39 is 0 Å². The molecule has 0 radical (unpaired) electrons. The standard InChI is InChI=1S/C21H30N2O6/c1-26-18-14-16-5-7-23(21(25)17(16)15-19(18)27-2)6-3-4-20(24)29-13-10-22-8-11-28-12-9-22/h14-15H,3-13H2,1-2H3. The number of benzene rings is 1. The van der Waals surface area contributed by atoms with Crippen molar-refractivity contribution in [3.05, 3.63) is 23.3 Å². The summed E-state index contributed by atoms with van der Waals surface area (Å²) in [4.78, 5) is 28.8. The maximum atomic E-state index is 12.8. The summed E-state index contributed by atoms with van der Waals surface area (Å²) in [6.45, 7) is 5.54. The zero-order valence-electron chi connectivity index (χ0n) is 17.3. The maximum Gasteiger partial charge on any atom is 0.305 e. The molecule has 1 saturated heterocycles. The van der Waals surface area contributed by atoms with E-state index in [1.165, 1.54) is 0 Å². The lowest BCUT2D eigenvalue weighted by atomic mass is 9.98. The lowest BCUT2D eigenvalue weighted by Gasteiger charge is -2.29. The molecule has 1 fully saturated rings. The first-order valence-corrected chi connectivity index (χ1v) is 10.1. The Morgan fingerprint density at radius 1 is 1.07 bits per heavy atom. The van der Waals surface area contributed by atoms with Crippen LogP contribution in [0, 0.1) is 0 Å². The molecule has 0 bridgehead atoms. The number of hydrogen-bond acceptors (Lipinski definition) is 7. The van der Waals surface area contributed by atoms with Gasteiger partial charge in [-0.3, -0.25) is 14.5 Å². The Labute approximate surface area is 171 Å². The Hall–Kier alpha value is -2.32. The predicted octanol–water partition coefficient (Wildman–Crippen LogP) is 1.36. The zero-order valence-corrected chi connectivity index (χ0v) is 17.3. The van der Waals surface area contributed by atoms with Crippen LogP contribution in [0.3, 0.4) is 0 Å². The topological polar surface area (TPSA) is 77.5 Å². The minimum absolute atomic E-state index is 0.0344. The van der Waals surface area contributed by atoms with E-state index in [1.807, 2.05) is 6.07 Å². The number of fused-ring (bicyclic) bond motifs is 1. The summed E-state index contributed by atoms with van der Waals surface area (Å²) in [6.07, 6.45) is 1.65. The van der Waals surface area contributed by atoms with Gasteiger partial charge in [0, 0.05) is 44.7 Å². The molecule has 0 aromatic heterocycles. The van der Waals surface area contributed by atoms with E-state index in [9.17, 15) is 9.59 Å². The SMILES string of the molecule is COc1cc2c(cc1OC)C(=O)N(CCCC(=O)OCCN1CCOCC1)CC2. The van der Waals surface area contributed by atoms with Crippen LogP contribution in [0.15, 0.2) is 12.1 Å². The van der Waals surface area contributed by atoms with E-state index in [0.717, 1.165) is 44.8 Å². The lowest BCUT2D eigenvalue weighted by molar-refractivity contribution is -0.144. The molecule has 0 saturated carbocycles. The van der Waals surface area contributed by atoms with Crippen molar-refractivity contribution < 1.29 is 28.5 Å². The lowest BCUT2D eigenvalue weighted by Crippen LogP contribution is -2.39. The first kappa shape index (κ1) is 21.4. The average Bonchev–Trinajstić information content (AvgIpc) is 2.75. The van der Waals surface area contributed by atoms with Crippen LogP contribution >= 0.6 is 0 Å². The summed E-state index contributed by atoms with van der Waals surface area (Å²) in [5.41, 5.74) is 1.61. The first-order chi connectivity index (χ1) is 14.1. The van der Waals surface area contributed by atoms with Crippen LogP contribution < -0.4 is 9.47 Å². The molecule has 0 aliphatic carbocycles. The molecule has 2 aliphatic heterocycles. The Morgan fingerprint density at radius 3 is 2.52 bits per heavy atom. The van der Waals surface area contributed by atoms with Crippen molar-refractivity contribution in [2.75, 3.05) is 66.8 Å². The third-order valence-corrected chi connectivity index (χ3v) is 5.36. The normalized spacial score (nSPS) is 17.0.